The molecular weight excluding hydrogens is 239 g/mol. The van der Waals surface area contributed by atoms with Gasteiger partial charge >= 0.3 is 0 Å². The number of halogens is 2. The van der Waals surface area contributed by atoms with E-state index in [0.29, 0.717) is 5.92 Å². The van der Waals surface area contributed by atoms with E-state index in [2.05, 4.69) is 11.8 Å². The zero-order valence-electron chi connectivity index (χ0n) is 10.00. The number of nitrogens with zero attached hydrogens (tertiary/aromatic N) is 1. The van der Waals surface area contributed by atoms with Gasteiger partial charge in [0.05, 0.1) is 5.02 Å². The number of rotatable bonds is 2. The molecule has 94 valence electrons. The summed E-state index contributed by atoms with van der Waals surface area (Å²) in [6, 6.07) is 5.22. The number of benzene rings is 1. The number of piperidine rings is 1. The molecule has 1 aromatic rings. The van der Waals surface area contributed by atoms with Crippen molar-refractivity contribution >= 4 is 11.6 Å². The van der Waals surface area contributed by atoms with Crippen LogP contribution in [0, 0.1) is 11.7 Å². The lowest BCUT2D eigenvalue weighted by Gasteiger charge is -2.34. The molecule has 2 N–H and O–H groups in total. The fourth-order valence-electron chi connectivity index (χ4n) is 2.54. The Bertz CT molecular complexity index is 387. The molecule has 1 fully saturated rings. The van der Waals surface area contributed by atoms with Crippen molar-refractivity contribution in [3.05, 3.63) is 34.6 Å². The summed E-state index contributed by atoms with van der Waals surface area (Å²) in [6.07, 6.45) is 1.07. The number of nitrogens with two attached hydrogens (primary N) is 1. The molecule has 2 atom stereocenters. The molecule has 0 amide bonds. The second-order valence-corrected chi connectivity index (χ2v) is 5.45. The van der Waals surface area contributed by atoms with E-state index in [4.69, 9.17) is 17.3 Å². The van der Waals surface area contributed by atoms with E-state index in [1.807, 2.05) is 6.07 Å². The van der Waals surface area contributed by atoms with Crippen LogP contribution < -0.4 is 5.73 Å². The molecule has 4 heteroatoms. The van der Waals surface area contributed by atoms with Crippen LogP contribution in [-0.2, 0) is 6.54 Å². The zero-order valence-corrected chi connectivity index (χ0v) is 10.8. The maximum absolute atomic E-state index is 13.3. The third-order valence-electron chi connectivity index (χ3n) is 3.16. The summed E-state index contributed by atoms with van der Waals surface area (Å²) in [4.78, 5) is 2.28. The smallest absolute Gasteiger partial charge is 0.142 e. The summed E-state index contributed by atoms with van der Waals surface area (Å²) in [5.74, 6) is 0.259. The molecule has 0 aromatic heterocycles. The van der Waals surface area contributed by atoms with E-state index in [0.717, 1.165) is 31.6 Å². The van der Waals surface area contributed by atoms with E-state index in [9.17, 15) is 4.39 Å². The zero-order chi connectivity index (χ0) is 12.4. The molecule has 1 aromatic carbocycles. The minimum Gasteiger partial charge on any atom is -0.327 e. The van der Waals surface area contributed by atoms with Crippen molar-refractivity contribution in [2.24, 2.45) is 11.7 Å². The molecule has 0 spiro atoms. The number of hydrogen-bond acceptors (Lipinski definition) is 2. The maximum atomic E-state index is 13.3. The van der Waals surface area contributed by atoms with Crippen molar-refractivity contribution < 1.29 is 4.39 Å². The summed E-state index contributed by atoms with van der Waals surface area (Å²) in [7, 11) is 0. The molecule has 0 bridgehead atoms. The van der Waals surface area contributed by atoms with Gasteiger partial charge in [-0.05, 0) is 30.0 Å². The average Bonchev–Trinajstić information content (AvgIpc) is 2.22. The lowest BCUT2D eigenvalue weighted by atomic mass is 9.96. The van der Waals surface area contributed by atoms with Gasteiger partial charge in [-0.1, -0.05) is 24.6 Å². The number of hydrogen-bond donors (Lipinski definition) is 1. The van der Waals surface area contributed by atoms with Crippen molar-refractivity contribution in [2.45, 2.75) is 25.9 Å². The molecule has 17 heavy (non-hydrogen) atoms. The normalized spacial score (nSPS) is 26.1. The SMILES string of the molecule is CC1CC(N)CN(Cc2ccc(Cl)c(F)c2)C1. The minimum atomic E-state index is -0.349. The molecule has 0 aliphatic carbocycles. The lowest BCUT2D eigenvalue weighted by molar-refractivity contribution is 0.158. The van der Waals surface area contributed by atoms with E-state index in [1.165, 1.54) is 6.07 Å². The lowest BCUT2D eigenvalue weighted by Crippen LogP contribution is -2.45. The Kier molecular flexibility index (Phi) is 4.02. The van der Waals surface area contributed by atoms with Crippen molar-refractivity contribution in [3.8, 4) is 0 Å². The first-order chi connectivity index (χ1) is 8.04. The monoisotopic (exact) mass is 256 g/mol. The summed E-state index contributed by atoms with van der Waals surface area (Å²) in [5, 5.41) is 0.178. The van der Waals surface area contributed by atoms with Gasteiger partial charge in [-0.25, -0.2) is 4.39 Å². The van der Waals surface area contributed by atoms with Gasteiger partial charge in [-0.15, -0.1) is 0 Å². The third-order valence-corrected chi connectivity index (χ3v) is 3.46. The Morgan fingerprint density at radius 1 is 1.47 bits per heavy atom. The van der Waals surface area contributed by atoms with Gasteiger partial charge in [0.15, 0.2) is 0 Å². The van der Waals surface area contributed by atoms with Gasteiger partial charge in [-0.3, -0.25) is 4.90 Å². The molecule has 1 saturated heterocycles. The molecule has 2 nitrogen and oxygen atoms in total. The molecule has 0 saturated carbocycles. The van der Waals surface area contributed by atoms with Gasteiger partial charge < -0.3 is 5.73 Å². The number of likely N-dealkylation sites (tertiary alicyclic amines) is 1. The molecule has 1 aliphatic heterocycles. The summed E-state index contributed by atoms with van der Waals surface area (Å²) < 4.78 is 13.3. The van der Waals surface area contributed by atoms with E-state index < -0.39 is 0 Å². The van der Waals surface area contributed by atoms with Crippen LogP contribution in [0.2, 0.25) is 5.02 Å². The van der Waals surface area contributed by atoms with Crippen LogP contribution in [0.15, 0.2) is 18.2 Å². The Morgan fingerprint density at radius 2 is 2.24 bits per heavy atom. The minimum absolute atomic E-state index is 0.178. The second kappa shape index (κ2) is 5.34. The predicted molar refractivity (Wildman–Crippen MR) is 68.4 cm³/mol. The molecular formula is C13H18ClFN2. The average molecular weight is 257 g/mol. The van der Waals surface area contributed by atoms with Gasteiger partial charge in [0, 0.05) is 25.7 Å². The molecule has 1 heterocycles. The first-order valence-electron chi connectivity index (χ1n) is 5.96. The van der Waals surface area contributed by atoms with Crippen molar-refractivity contribution in [2.75, 3.05) is 13.1 Å². The molecule has 1 aliphatic rings. The van der Waals surface area contributed by atoms with Crippen LogP contribution in [0.4, 0.5) is 4.39 Å². The largest absolute Gasteiger partial charge is 0.327 e. The van der Waals surface area contributed by atoms with E-state index in [1.54, 1.807) is 6.07 Å². The molecule has 2 rings (SSSR count). The van der Waals surface area contributed by atoms with Crippen LogP contribution in [0.25, 0.3) is 0 Å². The van der Waals surface area contributed by atoms with E-state index in [-0.39, 0.29) is 16.9 Å². The Labute approximate surface area is 107 Å². The van der Waals surface area contributed by atoms with Crippen LogP contribution in [0.1, 0.15) is 18.9 Å². The Balaban J connectivity index is 2.02. The standard InChI is InChI=1S/C13H18ClFN2/c1-9-4-11(16)8-17(6-9)7-10-2-3-12(14)13(15)5-10/h2-3,5,9,11H,4,6-8,16H2,1H3. The highest BCUT2D eigenvalue weighted by atomic mass is 35.5. The fraction of sp³-hybridized carbons (Fsp3) is 0.538. The predicted octanol–water partition coefficient (Wildman–Crippen LogP) is 2.65. The molecule has 2 unspecified atom stereocenters. The highest BCUT2D eigenvalue weighted by Gasteiger charge is 2.22. The maximum Gasteiger partial charge on any atom is 0.142 e. The Morgan fingerprint density at radius 3 is 2.88 bits per heavy atom. The summed E-state index contributed by atoms with van der Waals surface area (Å²) >= 11 is 5.66. The quantitative estimate of drug-likeness (QED) is 0.882. The first-order valence-corrected chi connectivity index (χ1v) is 6.34. The fourth-order valence-corrected chi connectivity index (χ4v) is 2.66. The van der Waals surface area contributed by atoms with Gasteiger partial charge in [0.25, 0.3) is 0 Å². The highest BCUT2D eigenvalue weighted by Crippen LogP contribution is 2.20. The highest BCUT2D eigenvalue weighted by molar-refractivity contribution is 6.30. The topological polar surface area (TPSA) is 29.3 Å². The van der Waals surface area contributed by atoms with Gasteiger partial charge in [0.1, 0.15) is 5.82 Å². The van der Waals surface area contributed by atoms with Crippen molar-refractivity contribution in [1.29, 1.82) is 0 Å². The molecule has 0 radical (unpaired) electrons. The van der Waals surface area contributed by atoms with Gasteiger partial charge in [0.2, 0.25) is 0 Å². The van der Waals surface area contributed by atoms with Crippen molar-refractivity contribution in [1.82, 2.24) is 4.90 Å². The Hall–Kier alpha value is -0.640. The van der Waals surface area contributed by atoms with Crippen LogP contribution in [-0.4, -0.2) is 24.0 Å². The summed E-state index contributed by atoms with van der Waals surface area (Å²) in [5.41, 5.74) is 6.94. The second-order valence-electron chi connectivity index (χ2n) is 5.04. The van der Waals surface area contributed by atoms with Crippen LogP contribution in [0.3, 0.4) is 0 Å². The van der Waals surface area contributed by atoms with Crippen molar-refractivity contribution in [3.63, 3.8) is 0 Å². The third kappa shape index (κ3) is 3.41. The van der Waals surface area contributed by atoms with E-state index >= 15 is 0 Å². The van der Waals surface area contributed by atoms with Crippen LogP contribution >= 0.6 is 11.6 Å². The summed E-state index contributed by atoms with van der Waals surface area (Å²) in [6.45, 7) is 4.85. The van der Waals surface area contributed by atoms with Gasteiger partial charge in [-0.2, -0.15) is 0 Å². The first kappa shape index (κ1) is 12.8. The van der Waals surface area contributed by atoms with Crippen LogP contribution in [0.5, 0.6) is 0 Å².